The van der Waals surface area contributed by atoms with E-state index in [4.69, 9.17) is 16.0 Å². The summed E-state index contributed by atoms with van der Waals surface area (Å²) in [7, 11) is 0. The molecule has 132 valence electrons. The summed E-state index contributed by atoms with van der Waals surface area (Å²) in [6, 6.07) is 4.28. The molecule has 0 saturated carbocycles. The molecule has 0 radical (unpaired) electrons. The zero-order valence-corrected chi connectivity index (χ0v) is 16.1. The van der Waals surface area contributed by atoms with Crippen molar-refractivity contribution in [3.63, 3.8) is 0 Å². The molecule has 5 nitrogen and oxygen atoms in total. The van der Waals surface area contributed by atoms with Crippen molar-refractivity contribution in [3.8, 4) is 0 Å². The second-order valence-electron chi connectivity index (χ2n) is 6.83. The van der Waals surface area contributed by atoms with Crippen LogP contribution in [0.15, 0.2) is 16.5 Å². The molecule has 1 atom stereocenters. The molecule has 1 saturated heterocycles. The van der Waals surface area contributed by atoms with Crippen LogP contribution in [0.2, 0.25) is 4.34 Å². The molecule has 3 heterocycles. The first-order valence-electron chi connectivity index (χ1n) is 8.54. The Labute approximate surface area is 152 Å². The van der Waals surface area contributed by atoms with Gasteiger partial charge in [-0.3, -0.25) is 9.80 Å². The third-order valence-corrected chi connectivity index (χ3v) is 5.60. The molecule has 0 spiro atoms. The number of nitrogens with zero attached hydrogens (tertiary/aromatic N) is 4. The number of rotatable bonds is 6. The number of halogens is 1. The van der Waals surface area contributed by atoms with Gasteiger partial charge in [0.1, 0.15) is 0 Å². The summed E-state index contributed by atoms with van der Waals surface area (Å²) < 4.78 is 6.71. The fourth-order valence-electron chi connectivity index (χ4n) is 2.99. The van der Waals surface area contributed by atoms with Gasteiger partial charge < -0.3 is 4.42 Å². The molecule has 0 unspecified atom stereocenters. The molecule has 0 bridgehead atoms. The zero-order chi connectivity index (χ0) is 17.1. The lowest BCUT2D eigenvalue weighted by atomic mass is 10.1. The lowest BCUT2D eigenvalue weighted by molar-refractivity contribution is 0.0873. The Hall–Kier alpha value is -0.950. The van der Waals surface area contributed by atoms with E-state index in [1.807, 2.05) is 6.07 Å². The van der Waals surface area contributed by atoms with Crippen LogP contribution in [0.5, 0.6) is 0 Å². The molecule has 0 aromatic carbocycles. The van der Waals surface area contributed by atoms with E-state index < -0.39 is 0 Å². The van der Waals surface area contributed by atoms with E-state index in [-0.39, 0.29) is 6.04 Å². The lowest BCUT2D eigenvalue weighted by Gasteiger charge is -2.36. The topological polar surface area (TPSA) is 45.4 Å². The minimum atomic E-state index is 0.178. The van der Waals surface area contributed by atoms with Crippen LogP contribution in [-0.2, 0) is 13.0 Å². The minimum absolute atomic E-state index is 0.178. The highest BCUT2D eigenvalue weighted by molar-refractivity contribution is 7.16. The van der Waals surface area contributed by atoms with Crippen molar-refractivity contribution >= 4 is 22.9 Å². The molecule has 0 N–H and O–H groups in total. The maximum absolute atomic E-state index is 6.01. The average molecular weight is 369 g/mol. The first-order chi connectivity index (χ1) is 11.5. The molecule has 2 aromatic heterocycles. The molecule has 3 rings (SSSR count). The molecular formula is C17H25ClN4OS. The van der Waals surface area contributed by atoms with Crippen LogP contribution >= 0.6 is 22.9 Å². The van der Waals surface area contributed by atoms with Crippen LogP contribution in [0.4, 0.5) is 0 Å². The van der Waals surface area contributed by atoms with Gasteiger partial charge in [-0.1, -0.05) is 25.4 Å². The van der Waals surface area contributed by atoms with E-state index >= 15 is 0 Å². The largest absolute Gasteiger partial charge is 0.424 e. The highest BCUT2D eigenvalue weighted by atomic mass is 35.5. The number of hydrogen-bond donors (Lipinski definition) is 0. The predicted octanol–water partition coefficient (Wildman–Crippen LogP) is 3.86. The highest BCUT2D eigenvalue weighted by Gasteiger charge is 2.25. The monoisotopic (exact) mass is 368 g/mol. The van der Waals surface area contributed by atoms with Gasteiger partial charge in [0.05, 0.1) is 10.4 Å². The van der Waals surface area contributed by atoms with Gasteiger partial charge in [-0.25, -0.2) is 0 Å². The number of aromatic nitrogens is 2. The molecular weight excluding hydrogens is 344 g/mol. The van der Waals surface area contributed by atoms with E-state index in [1.165, 1.54) is 4.88 Å². The van der Waals surface area contributed by atoms with Crippen LogP contribution in [0.1, 0.15) is 43.5 Å². The third-order valence-electron chi connectivity index (χ3n) is 4.39. The zero-order valence-electron chi connectivity index (χ0n) is 14.5. The van der Waals surface area contributed by atoms with Crippen LogP contribution in [-0.4, -0.2) is 46.2 Å². The molecule has 24 heavy (non-hydrogen) atoms. The van der Waals surface area contributed by atoms with Gasteiger partial charge >= 0.3 is 0 Å². The molecule has 7 heteroatoms. The average Bonchev–Trinajstić information content (AvgIpc) is 3.16. The summed E-state index contributed by atoms with van der Waals surface area (Å²) in [5.74, 6) is 2.02. The molecule has 2 aromatic rings. The first kappa shape index (κ1) is 17.9. The van der Waals surface area contributed by atoms with Gasteiger partial charge in [-0.05, 0) is 25.0 Å². The minimum Gasteiger partial charge on any atom is -0.424 e. The van der Waals surface area contributed by atoms with Crippen molar-refractivity contribution in [1.82, 2.24) is 20.0 Å². The van der Waals surface area contributed by atoms with Gasteiger partial charge in [-0.15, -0.1) is 21.5 Å². The SMILES string of the molecule is CC(C)Cc1nnc([C@H](C)N2CCN(Cc3ccc(Cl)s3)CC2)o1. The Kier molecular flexibility index (Phi) is 5.92. The fourth-order valence-corrected chi connectivity index (χ4v) is 4.12. The summed E-state index contributed by atoms with van der Waals surface area (Å²) in [5.41, 5.74) is 0. The van der Waals surface area contributed by atoms with Gasteiger partial charge in [0, 0.05) is 44.0 Å². The maximum Gasteiger partial charge on any atom is 0.233 e. The van der Waals surface area contributed by atoms with Gasteiger partial charge in [-0.2, -0.15) is 0 Å². The summed E-state index contributed by atoms with van der Waals surface area (Å²) in [6.45, 7) is 11.6. The highest BCUT2D eigenvalue weighted by Crippen LogP contribution is 2.25. The second-order valence-corrected chi connectivity index (χ2v) is 8.63. The smallest absolute Gasteiger partial charge is 0.233 e. The third kappa shape index (κ3) is 4.57. The molecule has 1 aliphatic heterocycles. The second kappa shape index (κ2) is 7.95. The van der Waals surface area contributed by atoms with Crippen LogP contribution < -0.4 is 0 Å². The Morgan fingerprint density at radius 3 is 2.54 bits per heavy atom. The molecule has 1 aliphatic rings. The quantitative estimate of drug-likeness (QED) is 0.774. The number of thiophene rings is 1. The normalized spacial score (nSPS) is 18.4. The number of hydrogen-bond acceptors (Lipinski definition) is 6. The molecule has 0 aliphatic carbocycles. The summed E-state index contributed by atoms with van der Waals surface area (Å²) >= 11 is 7.68. The Morgan fingerprint density at radius 2 is 1.92 bits per heavy atom. The van der Waals surface area contributed by atoms with Crippen LogP contribution in [0.3, 0.4) is 0 Å². The van der Waals surface area contributed by atoms with Crippen molar-refractivity contribution in [1.29, 1.82) is 0 Å². The summed E-state index contributed by atoms with van der Waals surface area (Å²) in [5, 5.41) is 8.43. The van der Waals surface area contributed by atoms with Crippen LogP contribution in [0, 0.1) is 5.92 Å². The van der Waals surface area contributed by atoms with Crippen molar-refractivity contribution in [3.05, 3.63) is 33.1 Å². The predicted molar refractivity (Wildman–Crippen MR) is 97.4 cm³/mol. The Balaban J connectivity index is 1.51. The van der Waals surface area contributed by atoms with Crippen LogP contribution in [0.25, 0.3) is 0 Å². The van der Waals surface area contributed by atoms with E-state index in [0.717, 1.165) is 55.3 Å². The number of piperazine rings is 1. The van der Waals surface area contributed by atoms with Crippen molar-refractivity contribution in [2.45, 2.75) is 39.8 Å². The summed E-state index contributed by atoms with van der Waals surface area (Å²) in [6.07, 6.45) is 0.844. The van der Waals surface area contributed by atoms with Crippen molar-refractivity contribution < 1.29 is 4.42 Å². The van der Waals surface area contributed by atoms with Gasteiger partial charge in [0.2, 0.25) is 11.8 Å². The fraction of sp³-hybridized carbons (Fsp3) is 0.647. The molecule has 0 amide bonds. The lowest BCUT2D eigenvalue weighted by Crippen LogP contribution is -2.46. The van der Waals surface area contributed by atoms with E-state index in [2.05, 4.69) is 46.8 Å². The summed E-state index contributed by atoms with van der Waals surface area (Å²) in [4.78, 5) is 6.23. The van der Waals surface area contributed by atoms with Gasteiger partial charge in [0.25, 0.3) is 0 Å². The van der Waals surface area contributed by atoms with E-state index in [9.17, 15) is 0 Å². The van der Waals surface area contributed by atoms with Crippen molar-refractivity contribution in [2.75, 3.05) is 26.2 Å². The first-order valence-corrected chi connectivity index (χ1v) is 9.73. The maximum atomic E-state index is 6.01. The van der Waals surface area contributed by atoms with Gasteiger partial charge in [0.15, 0.2) is 0 Å². The van der Waals surface area contributed by atoms with E-state index in [1.54, 1.807) is 11.3 Å². The standard InChI is InChI=1S/C17H25ClN4OS/c1-12(2)10-16-19-20-17(23-16)13(3)22-8-6-21(7-9-22)11-14-4-5-15(18)24-14/h4-5,12-13H,6-11H2,1-3H3/t13-/m0/s1. The molecule has 1 fully saturated rings. The Morgan fingerprint density at radius 1 is 1.17 bits per heavy atom. The van der Waals surface area contributed by atoms with E-state index in [0.29, 0.717) is 5.92 Å². The van der Waals surface area contributed by atoms with Crippen molar-refractivity contribution in [2.24, 2.45) is 5.92 Å². The Bertz CT molecular complexity index is 649.